The summed E-state index contributed by atoms with van der Waals surface area (Å²) >= 11 is 0. The molecule has 1 saturated heterocycles. The van der Waals surface area contributed by atoms with Crippen molar-refractivity contribution in [1.29, 1.82) is 0 Å². The lowest BCUT2D eigenvalue weighted by Gasteiger charge is -2.38. The second-order valence-electron chi connectivity index (χ2n) is 9.15. The highest BCUT2D eigenvalue weighted by molar-refractivity contribution is 5.94. The Bertz CT molecular complexity index is 1060. The maximum absolute atomic E-state index is 13.9. The van der Waals surface area contributed by atoms with Gasteiger partial charge in [0.15, 0.2) is 0 Å². The van der Waals surface area contributed by atoms with E-state index in [4.69, 9.17) is 5.73 Å². The highest BCUT2D eigenvalue weighted by atomic mass is 16.4. The van der Waals surface area contributed by atoms with Gasteiger partial charge in [-0.3, -0.25) is 9.59 Å². The van der Waals surface area contributed by atoms with Crippen LogP contribution < -0.4 is 5.73 Å². The average Bonchev–Trinajstić information content (AvgIpc) is 3.35. The first-order valence-electron chi connectivity index (χ1n) is 12.1. The van der Waals surface area contributed by atoms with Gasteiger partial charge in [-0.25, -0.2) is 9.59 Å². The van der Waals surface area contributed by atoms with Crippen LogP contribution in [0.15, 0.2) is 60.7 Å². The van der Waals surface area contributed by atoms with Crippen molar-refractivity contribution >= 4 is 23.8 Å². The van der Waals surface area contributed by atoms with Gasteiger partial charge in [0.25, 0.3) is 0 Å². The van der Waals surface area contributed by atoms with Crippen LogP contribution in [0, 0.1) is 0 Å². The van der Waals surface area contributed by atoms with Gasteiger partial charge in [-0.1, -0.05) is 60.7 Å². The van der Waals surface area contributed by atoms with Crippen molar-refractivity contribution in [2.24, 2.45) is 5.73 Å². The number of carboxylic acids is 2. The molecule has 1 aliphatic rings. The molecule has 1 heterocycles. The predicted octanol–water partition coefficient (Wildman–Crippen LogP) is 1.94. The summed E-state index contributed by atoms with van der Waals surface area (Å²) in [7, 11) is 0. The van der Waals surface area contributed by atoms with Crippen molar-refractivity contribution < 1.29 is 29.4 Å². The van der Waals surface area contributed by atoms with Crippen LogP contribution in [0.2, 0.25) is 0 Å². The fourth-order valence-electron chi connectivity index (χ4n) is 4.72. The molecule has 0 aliphatic carbocycles. The Balaban J connectivity index is 2.00. The largest absolute Gasteiger partial charge is 0.480 e. The molecular formula is C27H33N3O6. The van der Waals surface area contributed by atoms with E-state index in [-0.39, 0.29) is 12.8 Å². The number of aryl methyl sites for hydroxylation is 1. The Labute approximate surface area is 210 Å². The summed E-state index contributed by atoms with van der Waals surface area (Å²) in [6.45, 7) is 1.83. The van der Waals surface area contributed by atoms with E-state index >= 15 is 0 Å². The Morgan fingerprint density at radius 1 is 0.944 bits per heavy atom. The molecule has 0 aromatic heterocycles. The molecule has 9 heteroatoms. The number of hydrogen-bond donors (Lipinski definition) is 3. The van der Waals surface area contributed by atoms with E-state index in [2.05, 4.69) is 0 Å². The second-order valence-corrected chi connectivity index (χ2v) is 9.15. The molecule has 2 aromatic rings. The minimum Gasteiger partial charge on any atom is -0.480 e. The average molecular weight is 496 g/mol. The minimum atomic E-state index is -1.43. The van der Waals surface area contributed by atoms with Crippen LogP contribution in [0.1, 0.15) is 37.3 Å². The van der Waals surface area contributed by atoms with Crippen LogP contribution >= 0.6 is 0 Å². The van der Waals surface area contributed by atoms with E-state index in [9.17, 15) is 29.4 Å². The molecule has 1 fully saturated rings. The summed E-state index contributed by atoms with van der Waals surface area (Å²) in [6.07, 6.45) is 1.16. The number of nitrogens with two attached hydrogens (primary N) is 1. The third-order valence-electron chi connectivity index (χ3n) is 6.53. The van der Waals surface area contributed by atoms with Gasteiger partial charge in [0.2, 0.25) is 11.8 Å². The maximum atomic E-state index is 13.9. The molecule has 3 rings (SSSR count). The number of amides is 2. The van der Waals surface area contributed by atoms with Gasteiger partial charge in [-0.05, 0) is 43.7 Å². The molecule has 0 spiro atoms. The smallest absolute Gasteiger partial charge is 0.326 e. The molecule has 0 radical (unpaired) electrons. The molecule has 1 aliphatic heterocycles. The van der Waals surface area contributed by atoms with Crippen molar-refractivity contribution in [3.05, 3.63) is 71.8 Å². The molecule has 4 N–H and O–H groups in total. The first-order valence-corrected chi connectivity index (χ1v) is 12.1. The normalized spacial score (nSPS) is 17.7. The maximum Gasteiger partial charge on any atom is 0.326 e. The summed E-state index contributed by atoms with van der Waals surface area (Å²) in [5, 5.41) is 20.4. The number of aliphatic carboxylic acids is 2. The molecular weight excluding hydrogens is 462 g/mol. The molecule has 2 aromatic carbocycles. The quantitative estimate of drug-likeness (QED) is 0.432. The van der Waals surface area contributed by atoms with E-state index < -0.39 is 47.9 Å². The number of benzene rings is 2. The van der Waals surface area contributed by atoms with Gasteiger partial charge >= 0.3 is 11.9 Å². The van der Waals surface area contributed by atoms with Crippen LogP contribution in [0.5, 0.6) is 0 Å². The van der Waals surface area contributed by atoms with E-state index in [1.807, 2.05) is 30.3 Å². The summed E-state index contributed by atoms with van der Waals surface area (Å²) in [5.41, 5.74) is 7.31. The molecule has 9 nitrogen and oxygen atoms in total. The van der Waals surface area contributed by atoms with Gasteiger partial charge in [0.05, 0.1) is 6.04 Å². The Hall–Kier alpha value is -3.72. The zero-order valence-corrected chi connectivity index (χ0v) is 20.3. The standard InChI is InChI=1S/C27H33N3O6/c1-18(28)24(31)29-16-8-13-21(29)25(32)30(23(27(35)36)17-20-11-6-3-7-12-20)22(26(33)34)15-14-19-9-4-2-5-10-19/h2-7,9-12,18,21-23H,8,13-17,28H2,1H3,(H,33,34)(H,35,36)/t18-,21-,22?,23-/m0/s1. The number of likely N-dealkylation sites (tertiary alicyclic amines) is 1. The van der Waals surface area contributed by atoms with Gasteiger partial charge in [-0.2, -0.15) is 0 Å². The first kappa shape index (κ1) is 26.9. The molecule has 0 bridgehead atoms. The van der Waals surface area contributed by atoms with E-state index in [1.165, 1.54) is 11.8 Å². The zero-order chi connectivity index (χ0) is 26.2. The minimum absolute atomic E-state index is 0.0254. The van der Waals surface area contributed by atoms with E-state index in [1.54, 1.807) is 30.3 Å². The van der Waals surface area contributed by atoms with Gasteiger partial charge in [0, 0.05) is 13.0 Å². The van der Waals surface area contributed by atoms with Crippen molar-refractivity contribution in [2.75, 3.05) is 6.54 Å². The summed E-state index contributed by atoms with van der Waals surface area (Å²) in [6, 6.07) is 13.4. The lowest BCUT2D eigenvalue weighted by molar-refractivity contribution is -0.162. The lowest BCUT2D eigenvalue weighted by atomic mass is 9.97. The number of hydrogen-bond acceptors (Lipinski definition) is 5. The van der Waals surface area contributed by atoms with Gasteiger partial charge < -0.3 is 25.7 Å². The number of carboxylic acid groups (broad SMARTS) is 2. The number of nitrogens with zero attached hydrogens (tertiary/aromatic N) is 2. The van der Waals surface area contributed by atoms with Crippen molar-refractivity contribution in [1.82, 2.24) is 9.80 Å². The summed E-state index contributed by atoms with van der Waals surface area (Å²) < 4.78 is 0. The van der Waals surface area contributed by atoms with Crippen LogP contribution in [0.4, 0.5) is 0 Å². The number of rotatable bonds is 11. The van der Waals surface area contributed by atoms with Gasteiger partial charge in [-0.15, -0.1) is 0 Å². The predicted molar refractivity (Wildman–Crippen MR) is 133 cm³/mol. The number of carbonyl (C=O) groups excluding carboxylic acids is 2. The Morgan fingerprint density at radius 2 is 1.50 bits per heavy atom. The highest BCUT2D eigenvalue weighted by Gasteiger charge is 2.45. The van der Waals surface area contributed by atoms with E-state index in [0.717, 1.165) is 10.5 Å². The van der Waals surface area contributed by atoms with Crippen molar-refractivity contribution in [3.63, 3.8) is 0 Å². The third kappa shape index (κ3) is 6.48. The summed E-state index contributed by atoms with van der Waals surface area (Å²) in [4.78, 5) is 54.0. The molecule has 0 saturated carbocycles. The Morgan fingerprint density at radius 3 is 2.03 bits per heavy atom. The van der Waals surface area contributed by atoms with Crippen LogP contribution in [0.25, 0.3) is 0 Å². The lowest BCUT2D eigenvalue weighted by Crippen LogP contribution is -2.60. The zero-order valence-electron chi connectivity index (χ0n) is 20.3. The molecule has 4 atom stereocenters. The summed E-state index contributed by atoms with van der Waals surface area (Å²) in [5.74, 6) is -3.69. The van der Waals surface area contributed by atoms with Crippen LogP contribution in [0.3, 0.4) is 0 Å². The van der Waals surface area contributed by atoms with Gasteiger partial charge in [0.1, 0.15) is 18.1 Å². The topological polar surface area (TPSA) is 141 Å². The fourth-order valence-corrected chi connectivity index (χ4v) is 4.72. The van der Waals surface area contributed by atoms with Crippen molar-refractivity contribution in [3.8, 4) is 0 Å². The molecule has 192 valence electrons. The van der Waals surface area contributed by atoms with E-state index in [0.29, 0.717) is 31.4 Å². The first-order chi connectivity index (χ1) is 17.2. The third-order valence-corrected chi connectivity index (χ3v) is 6.53. The molecule has 36 heavy (non-hydrogen) atoms. The highest BCUT2D eigenvalue weighted by Crippen LogP contribution is 2.25. The van der Waals surface area contributed by atoms with Crippen LogP contribution in [-0.4, -0.2) is 74.5 Å². The fraction of sp³-hybridized carbons (Fsp3) is 0.407. The SMILES string of the molecule is C[C@H](N)C(=O)N1CCC[C@H]1C(=O)N(C(CCc1ccccc1)C(=O)O)[C@@H](Cc1ccccc1)C(=O)O. The van der Waals surface area contributed by atoms with Crippen molar-refractivity contribution in [2.45, 2.75) is 63.2 Å². The monoisotopic (exact) mass is 495 g/mol. The molecule has 1 unspecified atom stereocenters. The van der Waals surface area contributed by atoms with Crippen LogP contribution in [-0.2, 0) is 32.0 Å². The molecule has 2 amide bonds. The number of carbonyl (C=O) groups is 4. The second kappa shape index (κ2) is 12.3. The Kier molecular flexibility index (Phi) is 9.19.